The van der Waals surface area contributed by atoms with E-state index in [0.29, 0.717) is 24.0 Å². The second-order valence-corrected chi connectivity index (χ2v) is 6.46. The molecule has 0 fully saturated rings. The molecule has 0 amide bonds. The van der Waals surface area contributed by atoms with Crippen molar-refractivity contribution >= 4 is 22.8 Å². The van der Waals surface area contributed by atoms with E-state index in [9.17, 15) is 4.39 Å². The van der Waals surface area contributed by atoms with Gasteiger partial charge in [0.15, 0.2) is 5.65 Å². The third-order valence-corrected chi connectivity index (χ3v) is 4.37. The number of fused-ring (bicyclic) bond motifs is 1. The maximum Gasteiger partial charge on any atom is 0.225 e. The summed E-state index contributed by atoms with van der Waals surface area (Å²) < 4.78 is 15.0. The van der Waals surface area contributed by atoms with Crippen LogP contribution < -0.4 is 11.1 Å². The zero-order valence-electron chi connectivity index (χ0n) is 15.1. The van der Waals surface area contributed by atoms with Crippen LogP contribution in [0.3, 0.4) is 0 Å². The Morgan fingerprint density at radius 3 is 2.70 bits per heavy atom. The van der Waals surface area contributed by atoms with E-state index in [0.717, 1.165) is 27.8 Å². The molecule has 4 rings (SSSR count). The minimum Gasteiger partial charge on any atom is -0.383 e. The van der Waals surface area contributed by atoms with Crippen molar-refractivity contribution in [3.05, 3.63) is 65.5 Å². The number of aryl methyl sites for hydroxylation is 2. The molecule has 0 spiro atoms. The van der Waals surface area contributed by atoms with Crippen LogP contribution in [0.4, 0.5) is 16.2 Å². The van der Waals surface area contributed by atoms with Crippen LogP contribution in [-0.4, -0.2) is 19.7 Å². The van der Waals surface area contributed by atoms with Crippen LogP contribution in [0.25, 0.3) is 22.3 Å². The van der Waals surface area contributed by atoms with E-state index in [1.54, 1.807) is 17.8 Å². The fraction of sp³-hybridized carbons (Fsp3) is 0.150. The highest BCUT2D eigenvalue weighted by Crippen LogP contribution is 2.31. The third-order valence-electron chi connectivity index (χ3n) is 4.37. The van der Waals surface area contributed by atoms with E-state index in [1.165, 1.54) is 12.1 Å². The Bertz CT molecular complexity index is 1130. The van der Waals surface area contributed by atoms with Crippen molar-refractivity contribution in [2.75, 3.05) is 11.1 Å². The molecule has 136 valence electrons. The molecule has 6 nitrogen and oxygen atoms in total. The minimum atomic E-state index is -0.274. The summed E-state index contributed by atoms with van der Waals surface area (Å²) in [6, 6.07) is 14.4. The number of nitrogens with two attached hydrogens (primary N) is 1. The van der Waals surface area contributed by atoms with Crippen molar-refractivity contribution in [2.24, 2.45) is 7.05 Å². The molecule has 0 radical (unpaired) electrons. The summed E-state index contributed by atoms with van der Waals surface area (Å²) in [5.41, 5.74) is 10.3. The monoisotopic (exact) mass is 362 g/mol. The highest BCUT2D eigenvalue weighted by molar-refractivity contribution is 5.98. The smallest absolute Gasteiger partial charge is 0.225 e. The van der Waals surface area contributed by atoms with Gasteiger partial charge in [0, 0.05) is 19.2 Å². The summed E-state index contributed by atoms with van der Waals surface area (Å²) in [6.07, 6.45) is 0. The van der Waals surface area contributed by atoms with Crippen LogP contribution in [0.2, 0.25) is 0 Å². The molecule has 27 heavy (non-hydrogen) atoms. The Hall–Kier alpha value is -3.48. The van der Waals surface area contributed by atoms with Gasteiger partial charge in [-0.3, -0.25) is 4.68 Å². The van der Waals surface area contributed by atoms with Crippen molar-refractivity contribution in [3.8, 4) is 11.3 Å². The molecule has 0 saturated heterocycles. The summed E-state index contributed by atoms with van der Waals surface area (Å²) in [5.74, 6) is 0.656. The normalized spacial score (nSPS) is 11.1. The highest BCUT2D eigenvalue weighted by Gasteiger charge is 2.17. The van der Waals surface area contributed by atoms with Gasteiger partial charge in [0.05, 0.1) is 11.1 Å². The number of halogens is 1. The lowest BCUT2D eigenvalue weighted by atomic mass is 10.1. The van der Waals surface area contributed by atoms with Crippen LogP contribution in [0.15, 0.2) is 48.5 Å². The molecular formula is C20H19FN6. The average molecular weight is 362 g/mol. The Morgan fingerprint density at radius 2 is 1.93 bits per heavy atom. The Morgan fingerprint density at radius 1 is 1.11 bits per heavy atom. The maximum atomic E-state index is 13.4. The maximum absolute atomic E-state index is 13.4. The van der Waals surface area contributed by atoms with Gasteiger partial charge in [-0.25, -0.2) is 9.37 Å². The molecule has 0 bridgehead atoms. The molecule has 2 aromatic carbocycles. The van der Waals surface area contributed by atoms with Gasteiger partial charge < -0.3 is 11.1 Å². The fourth-order valence-electron chi connectivity index (χ4n) is 3.02. The standard InChI is InChI=1S/C20H19FN6/c1-12-5-3-7-14(9-12)17-16-18(22)27(2)26-19(16)25-20(24-17)23-11-13-6-4-8-15(21)10-13/h3-10H,11,22H2,1-2H3,(H,23,25,26). The van der Waals surface area contributed by atoms with Crippen molar-refractivity contribution in [3.63, 3.8) is 0 Å². The molecule has 2 heterocycles. The molecular weight excluding hydrogens is 343 g/mol. The van der Waals surface area contributed by atoms with Crippen molar-refractivity contribution in [2.45, 2.75) is 13.5 Å². The molecule has 7 heteroatoms. The van der Waals surface area contributed by atoms with Gasteiger partial charge in [-0.15, -0.1) is 0 Å². The van der Waals surface area contributed by atoms with Gasteiger partial charge in [0.1, 0.15) is 11.6 Å². The number of benzene rings is 2. The lowest BCUT2D eigenvalue weighted by Crippen LogP contribution is -2.05. The Labute approximate surface area is 155 Å². The highest BCUT2D eigenvalue weighted by atomic mass is 19.1. The first kappa shape index (κ1) is 17.0. The predicted molar refractivity (Wildman–Crippen MR) is 105 cm³/mol. The zero-order chi connectivity index (χ0) is 19.0. The third kappa shape index (κ3) is 3.31. The second kappa shape index (κ2) is 6.68. The van der Waals surface area contributed by atoms with Gasteiger partial charge in [-0.1, -0.05) is 35.9 Å². The molecule has 0 aliphatic heterocycles. The van der Waals surface area contributed by atoms with Gasteiger partial charge in [-0.2, -0.15) is 10.1 Å². The number of rotatable bonds is 4. The number of aromatic nitrogens is 4. The van der Waals surface area contributed by atoms with E-state index in [-0.39, 0.29) is 5.82 Å². The summed E-state index contributed by atoms with van der Waals surface area (Å²) in [6.45, 7) is 2.43. The Balaban J connectivity index is 1.78. The topological polar surface area (TPSA) is 81.7 Å². The summed E-state index contributed by atoms with van der Waals surface area (Å²) >= 11 is 0. The number of hydrogen-bond donors (Lipinski definition) is 2. The molecule has 0 atom stereocenters. The largest absolute Gasteiger partial charge is 0.383 e. The van der Waals surface area contributed by atoms with Gasteiger partial charge in [0.2, 0.25) is 5.95 Å². The minimum absolute atomic E-state index is 0.274. The molecule has 0 aliphatic carbocycles. The number of nitrogens with zero attached hydrogens (tertiary/aromatic N) is 4. The lowest BCUT2D eigenvalue weighted by Gasteiger charge is -2.09. The van der Waals surface area contributed by atoms with Gasteiger partial charge >= 0.3 is 0 Å². The van der Waals surface area contributed by atoms with E-state index in [4.69, 9.17) is 5.73 Å². The second-order valence-electron chi connectivity index (χ2n) is 6.46. The van der Waals surface area contributed by atoms with Gasteiger partial charge in [-0.05, 0) is 30.7 Å². The van der Waals surface area contributed by atoms with Crippen LogP contribution in [0, 0.1) is 12.7 Å². The first-order valence-corrected chi connectivity index (χ1v) is 8.57. The van der Waals surface area contributed by atoms with E-state index in [1.807, 2.05) is 37.3 Å². The SMILES string of the molecule is Cc1cccc(-c2nc(NCc3cccc(F)c3)nc3nn(C)c(N)c23)c1. The van der Waals surface area contributed by atoms with Crippen LogP contribution in [-0.2, 0) is 13.6 Å². The van der Waals surface area contributed by atoms with Crippen molar-refractivity contribution in [1.82, 2.24) is 19.7 Å². The first-order valence-electron chi connectivity index (χ1n) is 8.57. The van der Waals surface area contributed by atoms with Crippen LogP contribution in [0.5, 0.6) is 0 Å². The number of nitrogens with one attached hydrogen (secondary N) is 1. The quantitative estimate of drug-likeness (QED) is 0.579. The molecule has 0 aliphatic rings. The van der Waals surface area contributed by atoms with E-state index >= 15 is 0 Å². The molecule has 3 N–H and O–H groups in total. The van der Waals surface area contributed by atoms with E-state index in [2.05, 4.69) is 20.4 Å². The summed E-state index contributed by atoms with van der Waals surface area (Å²) in [4.78, 5) is 9.15. The predicted octanol–water partition coefficient (Wildman–Crippen LogP) is 3.67. The number of nitrogen functional groups attached to an aromatic ring is 1. The van der Waals surface area contributed by atoms with Crippen molar-refractivity contribution < 1.29 is 4.39 Å². The Kier molecular flexibility index (Phi) is 4.19. The lowest BCUT2D eigenvalue weighted by molar-refractivity contribution is 0.626. The number of anilines is 2. The molecule has 4 aromatic rings. The average Bonchev–Trinajstić information content (AvgIpc) is 2.93. The van der Waals surface area contributed by atoms with Crippen LogP contribution >= 0.6 is 0 Å². The molecule has 0 saturated carbocycles. The summed E-state index contributed by atoms with van der Waals surface area (Å²) in [5, 5.41) is 8.27. The molecule has 2 aromatic heterocycles. The number of hydrogen-bond acceptors (Lipinski definition) is 5. The molecule has 0 unspecified atom stereocenters. The van der Waals surface area contributed by atoms with E-state index < -0.39 is 0 Å². The summed E-state index contributed by atoms with van der Waals surface area (Å²) in [7, 11) is 1.77. The van der Waals surface area contributed by atoms with Crippen molar-refractivity contribution in [1.29, 1.82) is 0 Å². The van der Waals surface area contributed by atoms with Crippen LogP contribution in [0.1, 0.15) is 11.1 Å². The fourth-order valence-corrected chi connectivity index (χ4v) is 3.02. The first-order chi connectivity index (χ1) is 13.0. The van der Waals surface area contributed by atoms with Gasteiger partial charge in [0.25, 0.3) is 0 Å². The zero-order valence-corrected chi connectivity index (χ0v) is 15.1.